The Kier molecular flexibility index (Phi) is 3.68. The first-order chi connectivity index (χ1) is 8.87. The molecule has 2 rings (SSSR count). The summed E-state index contributed by atoms with van der Waals surface area (Å²) in [5.41, 5.74) is 0. The fraction of sp³-hybridized carbons (Fsp3) is 0. The lowest BCUT2D eigenvalue weighted by Gasteiger charge is -2.07. The van der Waals surface area contributed by atoms with E-state index < -0.39 is 26.6 Å². The minimum absolute atomic E-state index is 0.0443. The lowest BCUT2D eigenvalue weighted by Crippen LogP contribution is -2.14. The third-order valence-electron chi connectivity index (χ3n) is 2.10. The molecule has 0 aliphatic rings. The van der Waals surface area contributed by atoms with Gasteiger partial charge < -0.3 is 0 Å². The summed E-state index contributed by atoms with van der Waals surface area (Å²) in [6, 6.07) is 6.29. The maximum atomic E-state index is 13.0. The van der Waals surface area contributed by atoms with Crippen LogP contribution in [0.1, 0.15) is 0 Å². The van der Waals surface area contributed by atoms with E-state index in [9.17, 15) is 17.2 Å². The summed E-state index contributed by atoms with van der Waals surface area (Å²) in [7, 11) is -4.13. The van der Waals surface area contributed by atoms with E-state index in [0.717, 1.165) is 0 Å². The largest absolute Gasteiger partial charge is 0.263 e. The van der Waals surface area contributed by atoms with Crippen molar-refractivity contribution in [2.75, 3.05) is 4.72 Å². The van der Waals surface area contributed by atoms with Crippen molar-refractivity contribution in [3.8, 4) is 0 Å². The van der Waals surface area contributed by atoms with Gasteiger partial charge >= 0.3 is 0 Å². The van der Waals surface area contributed by atoms with Crippen molar-refractivity contribution < 1.29 is 17.2 Å². The zero-order valence-electron chi connectivity index (χ0n) is 9.27. The molecule has 0 bridgehead atoms. The van der Waals surface area contributed by atoms with E-state index >= 15 is 0 Å². The third-order valence-corrected chi connectivity index (χ3v) is 3.65. The van der Waals surface area contributed by atoms with Gasteiger partial charge in [0, 0.05) is 6.07 Å². The van der Waals surface area contributed by atoms with Crippen molar-refractivity contribution >= 4 is 27.4 Å². The summed E-state index contributed by atoms with van der Waals surface area (Å²) in [4.78, 5) is 3.18. The second kappa shape index (κ2) is 5.10. The summed E-state index contributed by atoms with van der Waals surface area (Å²) in [5, 5.41) is 0.0885. The first-order valence-electron chi connectivity index (χ1n) is 4.98. The Morgan fingerprint density at radius 2 is 1.74 bits per heavy atom. The van der Waals surface area contributed by atoms with Gasteiger partial charge in [0.1, 0.15) is 22.6 Å². The number of aromatic nitrogens is 1. The molecule has 0 aliphatic heterocycles. The molecule has 1 aromatic carbocycles. The van der Waals surface area contributed by atoms with Crippen LogP contribution in [0.15, 0.2) is 41.3 Å². The number of benzene rings is 1. The van der Waals surface area contributed by atoms with Gasteiger partial charge in [-0.05, 0) is 24.3 Å². The minimum atomic E-state index is -4.13. The van der Waals surface area contributed by atoms with Crippen molar-refractivity contribution in [3.63, 3.8) is 0 Å². The van der Waals surface area contributed by atoms with Crippen molar-refractivity contribution in [1.82, 2.24) is 4.98 Å². The average molecular weight is 305 g/mol. The van der Waals surface area contributed by atoms with E-state index in [-0.39, 0.29) is 11.0 Å². The predicted octanol–water partition coefficient (Wildman–Crippen LogP) is 2.81. The number of anilines is 1. The second-order valence-electron chi connectivity index (χ2n) is 3.56. The van der Waals surface area contributed by atoms with E-state index in [0.29, 0.717) is 18.2 Å². The summed E-state index contributed by atoms with van der Waals surface area (Å²) in [5.74, 6) is -2.02. The Morgan fingerprint density at radius 3 is 2.32 bits per heavy atom. The molecule has 1 N–H and O–H groups in total. The molecule has 4 nitrogen and oxygen atoms in total. The van der Waals surface area contributed by atoms with Gasteiger partial charge in [-0.1, -0.05) is 17.7 Å². The van der Waals surface area contributed by atoms with Gasteiger partial charge in [0.2, 0.25) is 0 Å². The molecular formula is C11H7ClF2N2O2S. The highest BCUT2D eigenvalue weighted by atomic mass is 35.5. The van der Waals surface area contributed by atoms with Crippen molar-refractivity contribution in [2.24, 2.45) is 0 Å². The van der Waals surface area contributed by atoms with Crippen LogP contribution in [0.25, 0.3) is 0 Å². The van der Waals surface area contributed by atoms with E-state index in [2.05, 4.69) is 9.71 Å². The van der Waals surface area contributed by atoms with Crippen molar-refractivity contribution in [3.05, 3.63) is 53.2 Å². The molecule has 1 heterocycles. The van der Waals surface area contributed by atoms with Crippen LogP contribution in [0.4, 0.5) is 14.6 Å². The standard InChI is InChI=1S/C11H7ClF2N2O2S/c12-10-2-1-3-11(15-10)16-19(17,18)9-5-7(13)4-8(14)6-9/h1-6H,(H,15,16). The number of pyridine rings is 1. The maximum Gasteiger partial charge on any atom is 0.263 e. The monoisotopic (exact) mass is 304 g/mol. The highest BCUT2D eigenvalue weighted by Gasteiger charge is 2.17. The summed E-state index contributed by atoms with van der Waals surface area (Å²) >= 11 is 5.60. The lowest BCUT2D eigenvalue weighted by molar-refractivity contribution is 0.568. The molecule has 0 spiro atoms. The SMILES string of the molecule is O=S(=O)(Nc1cccc(Cl)n1)c1cc(F)cc(F)c1. The predicted molar refractivity (Wildman–Crippen MR) is 66.4 cm³/mol. The molecule has 0 fully saturated rings. The van der Waals surface area contributed by atoms with Crippen LogP contribution in [0.2, 0.25) is 5.15 Å². The number of sulfonamides is 1. The summed E-state index contributed by atoms with van der Waals surface area (Å²) in [6.45, 7) is 0. The molecule has 0 atom stereocenters. The van der Waals surface area contributed by atoms with Crippen LogP contribution < -0.4 is 4.72 Å². The van der Waals surface area contributed by atoms with Gasteiger partial charge in [0.25, 0.3) is 10.0 Å². The molecule has 0 unspecified atom stereocenters. The highest BCUT2D eigenvalue weighted by molar-refractivity contribution is 7.92. The van der Waals surface area contributed by atoms with Crippen LogP contribution in [-0.2, 0) is 10.0 Å². The molecule has 1 aromatic heterocycles. The molecule has 0 amide bonds. The van der Waals surface area contributed by atoms with Crippen LogP contribution in [0, 0.1) is 11.6 Å². The van der Waals surface area contributed by atoms with Crippen molar-refractivity contribution in [1.29, 1.82) is 0 Å². The molecule has 100 valence electrons. The highest BCUT2D eigenvalue weighted by Crippen LogP contribution is 2.18. The fourth-order valence-electron chi connectivity index (χ4n) is 1.35. The topological polar surface area (TPSA) is 59.1 Å². The fourth-order valence-corrected chi connectivity index (χ4v) is 2.55. The molecule has 2 aromatic rings. The number of rotatable bonds is 3. The first-order valence-corrected chi connectivity index (χ1v) is 6.84. The Bertz CT molecular complexity index is 702. The zero-order valence-corrected chi connectivity index (χ0v) is 10.8. The molecule has 0 aliphatic carbocycles. The average Bonchev–Trinajstić information content (AvgIpc) is 2.26. The third kappa shape index (κ3) is 3.39. The van der Waals surface area contributed by atoms with Gasteiger partial charge in [0.15, 0.2) is 0 Å². The Labute approximate surface area is 113 Å². The first kappa shape index (κ1) is 13.7. The number of halogens is 3. The maximum absolute atomic E-state index is 13.0. The number of hydrogen-bond donors (Lipinski definition) is 1. The van der Waals surface area contributed by atoms with Gasteiger partial charge in [-0.15, -0.1) is 0 Å². The minimum Gasteiger partial charge on any atom is -0.263 e. The van der Waals surface area contributed by atoms with Gasteiger partial charge in [-0.25, -0.2) is 22.2 Å². The van der Waals surface area contributed by atoms with Gasteiger partial charge in [0.05, 0.1) is 4.90 Å². The smallest absolute Gasteiger partial charge is 0.263 e. The summed E-state index contributed by atoms with van der Waals surface area (Å²) < 4.78 is 51.8. The Balaban J connectivity index is 2.37. The number of nitrogens with one attached hydrogen (secondary N) is 1. The Hall–Kier alpha value is -1.73. The van der Waals surface area contributed by atoms with Gasteiger partial charge in [-0.2, -0.15) is 0 Å². The number of nitrogens with zero attached hydrogens (tertiary/aromatic N) is 1. The quantitative estimate of drug-likeness (QED) is 0.887. The molecule has 0 saturated heterocycles. The molecule has 19 heavy (non-hydrogen) atoms. The number of hydrogen-bond acceptors (Lipinski definition) is 3. The molecular weight excluding hydrogens is 298 g/mol. The Morgan fingerprint density at radius 1 is 1.11 bits per heavy atom. The van der Waals surface area contributed by atoms with Crippen LogP contribution in [0.3, 0.4) is 0 Å². The van der Waals surface area contributed by atoms with E-state index in [1.807, 2.05) is 0 Å². The van der Waals surface area contributed by atoms with Crippen LogP contribution in [-0.4, -0.2) is 13.4 Å². The van der Waals surface area contributed by atoms with E-state index in [1.54, 1.807) is 0 Å². The van der Waals surface area contributed by atoms with Crippen LogP contribution in [0.5, 0.6) is 0 Å². The normalized spacial score (nSPS) is 11.3. The van der Waals surface area contributed by atoms with Crippen LogP contribution >= 0.6 is 11.6 Å². The second-order valence-corrected chi connectivity index (χ2v) is 5.63. The zero-order chi connectivity index (χ0) is 14.0. The molecule has 0 saturated carbocycles. The lowest BCUT2D eigenvalue weighted by atomic mass is 10.3. The molecule has 0 radical (unpaired) electrons. The van der Waals surface area contributed by atoms with Gasteiger partial charge in [-0.3, -0.25) is 4.72 Å². The van der Waals surface area contributed by atoms with E-state index in [1.165, 1.54) is 18.2 Å². The summed E-state index contributed by atoms with van der Waals surface area (Å²) in [6.07, 6.45) is 0. The van der Waals surface area contributed by atoms with Crippen molar-refractivity contribution in [2.45, 2.75) is 4.90 Å². The van der Waals surface area contributed by atoms with E-state index in [4.69, 9.17) is 11.6 Å². The molecule has 8 heteroatoms.